The monoisotopic (exact) mass is 299 g/mol. The lowest BCUT2D eigenvalue weighted by Gasteiger charge is -2.11. The summed E-state index contributed by atoms with van der Waals surface area (Å²) < 4.78 is 52.1. The molecule has 4 nitrogen and oxygen atoms in total. The number of nitrogens with zero attached hydrogens (tertiary/aromatic N) is 2. The molecule has 3 N–H and O–H groups in total. The van der Waals surface area contributed by atoms with Crippen molar-refractivity contribution in [3.63, 3.8) is 0 Å². The SMILES string of the molecule is NC(=NO)c1cc(-c2cccc(C(F)(F)F)c2F)ccn1. The number of rotatable bonds is 2. The van der Waals surface area contributed by atoms with Crippen molar-refractivity contribution in [3.8, 4) is 11.1 Å². The number of benzene rings is 1. The van der Waals surface area contributed by atoms with Crippen molar-refractivity contribution in [2.75, 3.05) is 0 Å². The highest BCUT2D eigenvalue weighted by atomic mass is 19.4. The van der Waals surface area contributed by atoms with Crippen molar-refractivity contribution in [1.29, 1.82) is 0 Å². The molecular formula is C13H9F4N3O. The van der Waals surface area contributed by atoms with Crippen LogP contribution >= 0.6 is 0 Å². The Hall–Kier alpha value is -2.64. The third-order valence-corrected chi connectivity index (χ3v) is 2.75. The molecule has 0 unspecified atom stereocenters. The predicted molar refractivity (Wildman–Crippen MR) is 67.1 cm³/mol. The highest BCUT2D eigenvalue weighted by Gasteiger charge is 2.34. The van der Waals surface area contributed by atoms with Crippen molar-refractivity contribution in [2.24, 2.45) is 10.9 Å². The molecule has 8 heteroatoms. The van der Waals surface area contributed by atoms with Crippen molar-refractivity contribution < 1.29 is 22.8 Å². The van der Waals surface area contributed by atoms with E-state index in [2.05, 4.69) is 10.1 Å². The lowest BCUT2D eigenvalue weighted by Crippen LogP contribution is -2.15. The summed E-state index contributed by atoms with van der Waals surface area (Å²) in [6, 6.07) is 5.52. The standard InChI is InChI=1S/C13H9F4N3O/c14-11-8(2-1-3-9(11)13(15,16)17)7-4-5-19-10(6-7)12(18)20-21/h1-6,21H,(H2,18,20). The van der Waals surface area contributed by atoms with Crippen molar-refractivity contribution >= 4 is 5.84 Å². The van der Waals surface area contributed by atoms with Crippen molar-refractivity contribution in [1.82, 2.24) is 4.98 Å². The Bertz CT molecular complexity index is 698. The zero-order valence-corrected chi connectivity index (χ0v) is 10.4. The number of hydrogen-bond acceptors (Lipinski definition) is 3. The molecule has 2 aromatic rings. The van der Waals surface area contributed by atoms with Crippen LogP contribution < -0.4 is 5.73 Å². The van der Waals surface area contributed by atoms with Gasteiger partial charge < -0.3 is 10.9 Å². The first kappa shape index (κ1) is 14.8. The van der Waals surface area contributed by atoms with Gasteiger partial charge in [0.25, 0.3) is 0 Å². The van der Waals surface area contributed by atoms with Crippen LogP contribution in [0.4, 0.5) is 17.6 Å². The van der Waals surface area contributed by atoms with E-state index in [9.17, 15) is 17.6 Å². The Morgan fingerprint density at radius 3 is 2.57 bits per heavy atom. The Balaban J connectivity index is 2.58. The highest BCUT2D eigenvalue weighted by molar-refractivity contribution is 5.96. The number of oxime groups is 1. The molecule has 2 rings (SSSR count). The Kier molecular flexibility index (Phi) is 3.79. The molecule has 0 atom stereocenters. The summed E-state index contributed by atoms with van der Waals surface area (Å²) in [7, 11) is 0. The summed E-state index contributed by atoms with van der Waals surface area (Å²) in [5.74, 6) is -1.72. The van der Waals surface area contributed by atoms with Gasteiger partial charge in [-0.25, -0.2) is 4.39 Å². The van der Waals surface area contributed by atoms with Gasteiger partial charge in [0, 0.05) is 11.8 Å². The molecular weight excluding hydrogens is 290 g/mol. The quantitative estimate of drug-likeness (QED) is 0.294. The summed E-state index contributed by atoms with van der Waals surface area (Å²) in [4.78, 5) is 3.78. The smallest absolute Gasteiger partial charge is 0.409 e. The lowest BCUT2D eigenvalue weighted by molar-refractivity contribution is -0.139. The molecule has 1 aromatic heterocycles. The van der Waals surface area contributed by atoms with Crippen molar-refractivity contribution in [2.45, 2.75) is 6.18 Å². The minimum Gasteiger partial charge on any atom is -0.409 e. The Morgan fingerprint density at radius 1 is 1.24 bits per heavy atom. The van der Waals surface area contributed by atoms with Crippen LogP contribution in [0, 0.1) is 5.82 Å². The van der Waals surface area contributed by atoms with Crippen LogP contribution in [0.15, 0.2) is 41.7 Å². The fourth-order valence-electron chi connectivity index (χ4n) is 1.76. The second-order valence-electron chi connectivity index (χ2n) is 4.08. The molecule has 0 bridgehead atoms. The molecule has 0 saturated heterocycles. The molecule has 0 aliphatic heterocycles. The highest BCUT2D eigenvalue weighted by Crippen LogP contribution is 2.35. The molecule has 21 heavy (non-hydrogen) atoms. The maximum absolute atomic E-state index is 14.0. The molecule has 0 aliphatic carbocycles. The maximum Gasteiger partial charge on any atom is 0.419 e. The van der Waals surface area contributed by atoms with Crippen LogP contribution in [0.1, 0.15) is 11.3 Å². The number of hydrogen-bond donors (Lipinski definition) is 2. The first-order chi connectivity index (χ1) is 9.84. The van der Waals surface area contributed by atoms with Gasteiger partial charge in [-0.15, -0.1) is 0 Å². The van der Waals surface area contributed by atoms with Crippen LogP contribution in [-0.4, -0.2) is 16.0 Å². The topological polar surface area (TPSA) is 71.5 Å². The van der Waals surface area contributed by atoms with E-state index in [-0.39, 0.29) is 22.7 Å². The summed E-state index contributed by atoms with van der Waals surface area (Å²) in [6.45, 7) is 0. The molecule has 0 amide bonds. The van der Waals surface area contributed by atoms with E-state index in [0.717, 1.165) is 6.07 Å². The molecule has 0 radical (unpaired) electrons. The zero-order chi connectivity index (χ0) is 15.6. The number of amidine groups is 1. The molecule has 0 fully saturated rings. The average Bonchev–Trinajstić information content (AvgIpc) is 2.45. The molecule has 0 saturated carbocycles. The van der Waals surface area contributed by atoms with E-state index in [4.69, 9.17) is 10.9 Å². The Labute approximate surface area is 116 Å². The van der Waals surface area contributed by atoms with Crippen LogP contribution in [0.25, 0.3) is 11.1 Å². The summed E-state index contributed by atoms with van der Waals surface area (Å²) in [6.07, 6.45) is -3.57. The van der Waals surface area contributed by atoms with Crippen LogP contribution in [0.5, 0.6) is 0 Å². The molecule has 1 aromatic carbocycles. The van der Waals surface area contributed by atoms with Gasteiger partial charge in [0.1, 0.15) is 11.5 Å². The van der Waals surface area contributed by atoms with E-state index in [1.165, 1.54) is 24.4 Å². The lowest BCUT2D eigenvalue weighted by atomic mass is 10.0. The van der Waals surface area contributed by atoms with Gasteiger partial charge in [0.05, 0.1) is 5.56 Å². The fraction of sp³-hybridized carbons (Fsp3) is 0.0769. The molecule has 0 aliphatic rings. The van der Waals surface area contributed by atoms with E-state index in [0.29, 0.717) is 6.07 Å². The minimum absolute atomic E-state index is 0.0202. The molecule has 1 heterocycles. The summed E-state index contributed by atoms with van der Waals surface area (Å²) in [5, 5.41) is 11.3. The summed E-state index contributed by atoms with van der Waals surface area (Å²) in [5.41, 5.74) is 3.89. The minimum atomic E-state index is -4.79. The van der Waals surface area contributed by atoms with Crippen molar-refractivity contribution in [3.05, 3.63) is 53.6 Å². The van der Waals surface area contributed by atoms with E-state index >= 15 is 0 Å². The van der Waals surface area contributed by atoms with Crippen LogP contribution in [0.3, 0.4) is 0 Å². The zero-order valence-electron chi connectivity index (χ0n) is 10.4. The van der Waals surface area contributed by atoms with Gasteiger partial charge in [0.2, 0.25) is 0 Å². The normalized spacial score (nSPS) is 12.5. The van der Waals surface area contributed by atoms with Crippen LogP contribution in [0.2, 0.25) is 0 Å². The largest absolute Gasteiger partial charge is 0.419 e. The van der Waals surface area contributed by atoms with Gasteiger partial charge in [-0.3, -0.25) is 4.98 Å². The Morgan fingerprint density at radius 2 is 1.95 bits per heavy atom. The first-order valence-corrected chi connectivity index (χ1v) is 5.64. The number of halogens is 4. The van der Waals surface area contributed by atoms with Gasteiger partial charge in [-0.2, -0.15) is 13.2 Å². The van der Waals surface area contributed by atoms with Gasteiger partial charge in [-0.05, 0) is 23.8 Å². The van der Waals surface area contributed by atoms with Gasteiger partial charge in [-0.1, -0.05) is 17.3 Å². The second-order valence-corrected chi connectivity index (χ2v) is 4.08. The van der Waals surface area contributed by atoms with Gasteiger partial charge in [0.15, 0.2) is 5.84 Å². The second kappa shape index (κ2) is 5.39. The summed E-state index contributed by atoms with van der Waals surface area (Å²) >= 11 is 0. The molecule has 110 valence electrons. The fourth-order valence-corrected chi connectivity index (χ4v) is 1.76. The number of pyridine rings is 1. The number of alkyl halides is 3. The number of aromatic nitrogens is 1. The van der Waals surface area contributed by atoms with E-state index in [1.54, 1.807) is 0 Å². The molecule has 0 spiro atoms. The van der Waals surface area contributed by atoms with E-state index in [1.807, 2.05) is 0 Å². The van der Waals surface area contributed by atoms with Crippen LogP contribution in [-0.2, 0) is 6.18 Å². The predicted octanol–water partition coefficient (Wildman–Crippen LogP) is 3.00. The number of nitrogens with two attached hydrogens (primary N) is 1. The third kappa shape index (κ3) is 2.93. The van der Waals surface area contributed by atoms with E-state index < -0.39 is 17.6 Å². The first-order valence-electron chi connectivity index (χ1n) is 5.64. The maximum atomic E-state index is 14.0. The average molecular weight is 299 g/mol. The van der Waals surface area contributed by atoms with Gasteiger partial charge >= 0.3 is 6.18 Å². The third-order valence-electron chi connectivity index (χ3n) is 2.75.